The molecule has 0 saturated heterocycles. The van der Waals surface area contributed by atoms with Crippen LogP contribution in [0.25, 0.3) is 0 Å². The Bertz CT molecular complexity index is 880. The van der Waals surface area contributed by atoms with Crippen molar-refractivity contribution in [3.8, 4) is 5.75 Å². The van der Waals surface area contributed by atoms with Crippen LogP contribution < -0.4 is 20.7 Å². The molecule has 0 aliphatic rings. The van der Waals surface area contributed by atoms with E-state index in [1.54, 1.807) is 42.5 Å². The van der Waals surface area contributed by atoms with Crippen LogP contribution in [0.5, 0.6) is 5.75 Å². The lowest BCUT2D eigenvalue weighted by Gasteiger charge is -2.14. The van der Waals surface area contributed by atoms with E-state index < -0.39 is 0 Å². The zero-order valence-electron chi connectivity index (χ0n) is 17.8. The summed E-state index contributed by atoms with van der Waals surface area (Å²) in [6, 6.07) is 14.0. The lowest BCUT2D eigenvalue weighted by Crippen LogP contribution is -2.34. The maximum absolute atomic E-state index is 12.6. The van der Waals surface area contributed by atoms with Crippen molar-refractivity contribution in [3.63, 3.8) is 0 Å². The molecule has 3 N–H and O–H groups in total. The van der Waals surface area contributed by atoms with Crippen molar-refractivity contribution in [3.05, 3.63) is 59.7 Å². The summed E-state index contributed by atoms with van der Waals surface area (Å²) in [7, 11) is 0. The third-order valence-corrected chi connectivity index (χ3v) is 4.34. The maximum atomic E-state index is 12.6. The average molecular weight is 428 g/mol. The molecule has 6 nitrogen and oxygen atoms in total. The molecule has 0 aromatic heterocycles. The number of benzene rings is 2. The van der Waals surface area contributed by atoms with Gasteiger partial charge in [0, 0.05) is 17.3 Å². The summed E-state index contributed by atoms with van der Waals surface area (Å²) in [5, 5.41) is 8.62. The highest BCUT2D eigenvalue weighted by Gasteiger charge is 2.14. The Morgan fingerprint density at radius 1 is 0.967 bits per heavy atom. The van der Waals surface area contributed by atoms with E-state index in [4.69, 9.17) is 17.0 Å². The van der Waals surface area contributed by atoms with Gasteiger partial charge in [0.25, 0.3) is 11.8 Å². The Hall–Kier alpha value is -2.93. The van der Waals surface area contributed by atoms with Crippen LogP contribution in [0.1, 0.15) is 54.8 Å². The Kier molecular flexibility index (Phi) is 8.80. The molecule has 0 spiro atoms. The molecule has 2 aromatic carbocycles. The van der Waals surface area contributed by atoms with E-state index in [1.165, 1.54) is 0 Å². The molecule has 0 unspecified atom stereocenters. The zero-order valence-corrected chi connectivity index (χ0v) is 18.6. The number of carbonyl (C=O) groups excluding carboxylic acids is 2. The first-order valence-corrected chi connectivity index (χ1v) is 10.4. The third-order valence-electron chi connectivity index (χ3n) is 4.14. The number of ether oxygens (including phenoxy) is 1. The minimum Gasteiger partial charge on any atom is -0.493 e. The first kappa shape index (κ1) is 23.3. The summed E-state index contributed by atoms with van der Waals surface area (Å²) >= 11 is 5.26. The van der Waals surface area contributed by atoms with E-state index in [1.807, 2.05) is 19.9 Å². The van der Waals surface area contributed by atoms with Crippen LogP contribution in [0, 0.1) is 5.92 Å². The van der Waals surface area contributed by atoms with E-state index in [0.717, 1.165) is 6.42 Å². The number of hydrogen-bond donors (Lipinski definition) is 3. The van der Waals surface area contributed by atoms with Gasteiger partial charge >= 0.3 is 0 Å². The van der Waals surface area contributed by atoms with Gasteiger partial charge in [-0.25, -0.2) is 0 Å². The van der Waals surface area contributed by atoms with Crippen LogP contribution in [0.2, 0.25) is 0 Å². The number of anilines is 1. The lowest BCUT2D eigenvalue weighted by atomic mass is 10.1. The molecule has 7 heteroatoms. The number of amides is 2. The first-order chi connectivity index (χ1) is 14.3. The quantitative estimate of drug-likeness (QED) is 0.545. The van der Waals surface area contributed by atoms with Crippen LogP contribution in [0.15, 0.2) is 48.5 Å². The molecule has 160 valence electrons. The minimum atomic E-state index is -0.347. The molecular formula is C23H29N3O3S. The van der Waals surface area contributed by atoms with E-state index in [-0.39, 0.29) is 23.0 Å². The Labute approximate surface area is 183 Å². The number of thiocarbonyl (C=S) groups is 1. The van der Waals surface area contributed by atoms with Crippen molar-refractivity contribution in [1.29, 1.82) is 0 Å². The predicted molar refractivity (Wildman–Crippen MR) is 124 cm³/mol. The Balaban J connectivity index is 1.95. The highest BCUT2D eigenvalue weighted by atomic mass is 32.1. The highest BCUT2D eigenvalue weighted by Crippen LogP contribution is 2.19. The van der Waals surface area contributed by atoms with E-state index in [2.05, 4.69) is 29.8 Å². The Morgan fingerprint density at radius 3 is 2.27 bits per heavy atom. The molecule has 0 aliphatic carbocycles. The molecule has 0 radical (unpaired) electrons. The van der Waals surface area contributed by atoms with Crippen molar-refractivity contribution in [2.75, 3.05) is 11.9 Å². The van der Waals surface area contributed by atoms with Gasteiger partial charge in [-0.05, 0) is 74.8 Å². The summed E-state index contributed by atoms with van der Waals surface area (Å²) in [6.45, 7) is 8.59. The third kappa shape index (κ3) is 7.48. The summed E-state index contributed by atoms with van der Waals surface area (Å²) in [6.07, 6.45) is 0.904. The molecular weight excluding hydrogens is 398 g/mol. The molecule has 2 aromatic rings. The fourth-order valence-corrected chi connectivity index (χ4v) is 2.78. The fraction of sp³-hybridized carbons (Fsp3) is 0.348. The summed E-state index contributed by atoms with van der Waals surface area (Å²) < 4.78 is 5.77. The van der Waals surface area contributed by atoms with Gasteiger partial charge < -0.3 is 15.4 Å². The smallest absolute Gasteiger partial charge is 0.261 e. The molecule has 0 heterocycles. The average Bonchev–Trinajstić information content (AvgIpc) is 2.68. The molecule has 0 aliphatic heterocycles. The van der Waals surface area contributed by atoms with Gasteiger partial charge in [-0.15, -0.1) is 0 Å². The standard InChI is InChI=1S/C23H29N3O3S/c1-15(2)13-14-29-20-8-6-5-7-19(20)22(28)26-23(30)25-18-11-9-17(10-12-18)21(27)24-16(3)4/h5-12,15-16H,13-14H2,1-4H3,(H,24,27)(H2,25,26,28,30). The molecule has 30 heavy (non-hydrogen) atoms. The van der Waals surface area contributed by atoms with E-state index >= 15 is 0 Å². The van der Waals surface area contributed by atoms with Crippen molar-refractivity contribution in [2.24, 2.45) is 5.92 Å². The molecule has 2 rings (SSSR count). The van der Waals surface area contributed by atoms with Crippen molar-refractivity contribution in [2.45, 2.75) is 40.2 Å². The monoisotopic (exact) mass is 427 g/mol. The minimum absolute atomic E-state index is 0.0651. The normalized spacial score (nSPS) is 10.6. The summed E-state index contributed by atoms with van der Waals surface area (Å²) in [4.78, 5) is 24.6. The van der Waals surface area contributed by atoms with Crippen molar-refractivity contribution >= 4 is 34.8 Å². The molecule has 2 amide bonds. The van der Waals surface area contributed by atoms with Crippen LogP contribution >= 0.6 is 12.2 Å². The van der Waals surface area contributed by atoms with Crippen LogP contribution in [-0.2, 0) is 0 Å². The number of carbonyl (C=O) groups is 2. The largest absolute Gasteiger partial charge is 0.493 e. The zero-order chi connectivity index (χ0) is 22.1. The highest BCUT2D eigenvalue weighted by molar-refractivity contribution is 7.80. The van der Waals surface area contributed by atoms with Crippen LogP contribution in [0.3, 0.4) is 0 Å². The molecule has 0 fully saturated rings. The number of nitrogens with one attached hydrogen (secondary N) is 3. The summed E-state index contributed by atoms with van der Waals surface area (Å²) in [5.74, 6) is 0.562. The van der Waals surface area contributed by atoms with Gasteiger partial charge in [0.2, 0.25) is 0 Å². The topological polar surface area (TPSA) is 79.5 Å². The van der Waals surface area contributed by atoms with Crippen molar-refractivity contribution < 1.29 is 14.3 Å². The molecule has 0 bridgehead atoms. The molecule has 0 atom stereocenters. The van der Waals surface area contributed by atoms with Gasteiger partial charge in [0.05, 0.1) is 12.2 Å². The van der Waals surface area contributed by atoms with Crippen LogP contribution in [0.4, 0.5) is 5.69 Å². The van der Waals surface area contributed by atoms with Gasteiger partial charge in [-0.1, -0.05) is 26.0 Å². The SMILES string of the molecule is CC(C)CCOc1ccccc1C(=O)NC(=S)Nc1ccc(C(=O)NC(C)C)cc1. The fourth-order valence-electron chi connectivity index (χ4n) is 2.57. The van der Waals surface area contributed by atoms with Crippen LogP contribution in [-0.4, -0.2) is 29.6 Å². The van der Waals surface area contributed by atoms with Gasteiger partial charge in [-0.2, -0.15) is 0 Å². The first-order valence-electron chi connectivity index (χ1n) is 10.0. The summed E-state index contributed by atoms with van der Waals surface area (Å²) in [5.41, 5.74) is 1.64. The maximum Gasteiger partial charge on any atom is 0.261 e. The predicted octanol–water partition coefficient (Wildman–Crippen LogP) is 4.38. The second-order valence-electron chi connectivity index (χ2n) is 7.64. The van der Waals surface area contributed by atoms with Crippen molar-refractivity contribution in [1.82, 2.24) is 10.6 Å². The van der Waals surface area contributed by atoms with E-state index in [0.29, 0.717) is 35.1 Å². The Morgan fingerprint density at radius 2 is 1.63 bits per heavy atom. The second kappa shape index (κ2) is 11.3. The molecule has 0 saturated carbocycles. The van der Waals surface area contributed by atoms with Gasteiger partial charge in [0.15, 0.2) is 5.11 Å². The number of para-hydroxylation sites is 1. The van der Waals surface area contributed by atoms with Gasteiger partial charge in [-0.3, -0.25) is 14.9 Å². The van der Waals surface area contributed by atoms with E-state index in [9.17, 15) is 9.59 Å². The lowest BCUT2D eigenvalue weighted by molar-refractivity contribution is 0.0941. The number of rotatable bonds is 8. The number of hydrogen-bond acceptors (Lipinski definition) is 4. The second-order valence-corrected chi connectivity index (χ2v) is 8.05. The van der Waals surface area contributed by atoms with Gasteiger partial charge in [0.1, 0.15) is 5.75 Å².